The molecule has 4 heteroatoms. The van der Waals surface area contributed by atoms with Gasteiger partial charge in [0.25, 0.3) is 6.01 Å². The molecule has 1 heterocycles. The zero-order chi connectivity index (χ0) is 7.40. The Balaban J connectivity index is 2.42. The summed E-state index contributed by atoms with van der Waals surface area (Å²) in [5.41, 5.74) is 5.95. The number of anilines is 1. The Morgan fingerprint density at radius 3 is 3.10 bits per heavy atom. The SMILES string of the molecule is CCOCc1coc(N)n1. The van der Waals surface area contributed by atoms with E-state index in [0.29, 0.717) is 13.2 Å². The summed E-state index contributed by atoms with van der Waals surface area (Å²) in [5.74, 6) is 0. The molecule has 1 aromatic rings. The molecule has 1 aromatic heterocycles. The van der Waals surface area contributed by atoms with E-state index in [1.807, 2.05) is 6.92 Å². The molecular weight excluding hydrogens is 132 g/mol. The first-order valence-electron chi connectivity index (χ1n) is 3.10. The van der Waals surface area contributed by atoms with Crippen LogP contribution in [0.2, 0.25) is 0 Å². The van der Waals surface area contributed by atoms with Crippen LogP contribution in [0, 0.1) is 0 Å². The molecule has 0 saturated carbocycles. The van der Waals surface area contributed by atoms with Crippen LogP contribution in [0.3, 0.4) is 0 Å². The molecule has 0 radical (unpaired) electrons. The topological polar surface area (TPSA) is 61.3 Å². The summed E-state index contributed by atoms with van der Waals surface area (Å²) in [6.45, 7) is 3.06. The summed E-state index contributed by atoms with van der Waals surface area (Å²) < 4.78 is 9.80. The van der Waals surface area contributed by atoms with Crippen molar-refractivity contribution in [1.82, 2.24) is 4.98 Å². The molecule has 0 aliphatic rings. The second kappa shape index (κ2) is 3.22. The van der Waals surface area contributed by atoms with Gasteiger partial charge in [0.05, 0.1) is 6.61 Å². The predicted octanol–water partition coefficient (Wildman–Crippen LogP) is 0.793. The second-order valence-corrected chi connectivity index (χ2v) is 1.81. The van der Waals surface area contributed by atoms with Crippen molar-refractivity contribution >= 4 is 6.01 Å². The van der Waals surface area contributed by atoms with Crippen LogP contribution in [0.5, 0.6) is 0 Å². The third-order valence-electron chi connectivity index (χ3n) is 1.02. The fourth-order valence-corrected chi connectivity index (χ4v) is 0.596. The van der Waals surface area contributed by atoms with Crippen LogP contribution in [-0.4, -0.2) is 11.6 Å². The van der Waals surface area contributed by atoms with E-state index in [-0.39, 0.29) is 6.01 Å². The lowest BCUT2D eigenvalue weighted by Gasteiger charge is -1.92. The Labute approximate surface area is 59.0 Å². The number of hydrogen-bond donors (Lipinski definition) is 1. The highest BCUT2D eigenvalue weighted by atomic mass is 16.5. The molecule has 56 valence electrons. The second-order valence-electron chi connectivity index (χ2n) is 1.81. The van der Waals surface area contributed by atoms with Gasteiger partial charge in [0, 0.05) is 6.61 Å². The van der Waals surface area contributed by atoms with Gasteiger partial charge in [-0.25, -0.2) is 0 Å². The molecule has 0 amide bonds. The van der Waals surface area contributed by atoms with E-state index in [0.717, 1.165) is 5.69 Å². The maximum absolute atomic E-state index is 5.22. The van der Waals surface area contributed by atoms with Crippen molar-refractivity contribution < 1.29 is 9.15 Å². The van der Waals surface area contributed by atoms with E-state index in [1.54, 1.807) is 0 Å². The van der Waals surface area contributed by atoms with Crippen molar-refractivity contribution in [2.45, 2.75) is 13.5 Å². The third kappa shape index (κ3) is 1.73. The van der Waals surface area contributed by atoms with E-state index < -0.39 is 0 Å². The Morgan fingerprint density at radius 1 is 1.80 bits per heavy atom. The van der Waals surface area contributed by atoms with Crippen LogP contribution in [0.15, 0.2) is 10.7 Å². The van der Waals surface area contributed by atoms with Crippen LogP contribution >= 0.6 is 0 Å². The molecule has 0 spiro atoms. The molecule has 0 unspecified atom stereocenters. The van der Waals surface area contributed by atoms with Crippen LogP contribution in [-0.2, 0) is 11.3 Å². The average Bonchev–Trinajstić information content (AvgIpc) is 2.31. The standard InChI is InChI=1S/C6H10N2O2/c1-2-9-3-5-4-10-6(7)8-5/h4H,2-3H2,1H3,(H2,7,8). The molecule has 4 nitrogen and oxygen atoms in total. The highest BCUT2D eigenvalue weighted by Crippen LogP contribution is 2.03. The van der Waals surface area contributed by atoms with Crippen LogP contribution in [0.1, 0.15) is 12.6 Å². The molecule has 0 fully saturated rings. The molecule has 10 heavy (non-hydrogen) atoms. The molecule has 0 aliphatic heterocycles. The van der Waals surface area contributed by atoms with Gasteiger partial charge in [0.15, 0.2) is 0 Å². The van der Waals surface area contributed by atoms with Gasteiger partial charge in [-0.15, -0.1) is 0 Å². The number of oxazole rings is 1. The minimum atomic E-state index is 0.190. The number of ether oxygens (including phenoxy) is 1. The molecule has 2 N–H and O–H groups in total. The van der Waals surface area contributed by atoms with Gasteiger partial charge in [-0.1, -0.05) is 0 Å². The first-order chi connectivity index (χ1) is 4.83. The van der Waals surface area contributed by atoms with Crippen molar-refractivity contribution in [2.24, 2.45) is 0 Å². The molecule has 0 aromatic carbocycles. The van der Waals surface area contributed by atoms with Gasteiger partial charge in [-0.2, -0.15) is 4.98 Å². The Morgan fingerprint density at radius 2 is 2.60 bits per heavy atom. The van der Waals surface area contributed by atoms with Crippen molar-refractivity contribution in [3.8, 4) is 0 Å². The normalized spacial score (nSPS) is 10.1. The average molecular weight is 142 g/mol. The zero-order valence-electron chi connectivity index (χ0n) is 5.83. The Kier molecular flexibility index (Phi) is 2.28. The van der Waals surface area contributed by atoms with E-state index in [4.69, 9.17) is 14.9 Å². The lowest BCUT2D eigenvalue weighted by molar-refractivity contribution is 0.131. The van der Waals surface area contributed by atoms with E-state index in [9.17, 15) is 0 Å². The molecule has 0 bridgehead atoms. The predicted molar refractivity (Wildman–Crippen MR) is 36.2 cm³/mol. The Bertz CT molecular complexity index is 197. The number of nitrogens with two attached hydrogens (primary N) is 1. The van der Waals surface area contributed by atoms with E-state index in [2.05, 4.69) is 4.98 Å². The molecule has 1 rings (SSSR count). The van der Waals surface area contributed by atoms with Gasteiger partial charge in [-0.3, -0.25) is 0 Å². The van der Waals surface area contributed by atoms with Gasteiger partial charge < -0.3 is 14.9 Å². The maximum atomic E-state index is 5.22. The summed E-state index contributed by atoms with van der Waals surface area (Å²) in [6, 6.07) is 0.190. The third-order valence-corrected chi connectivity index (χ3v) is 1.02. The van der Waals surface area contributed by atoms with Crippen molar-refractivity contribution in [2.75, 3.05) is 12.3 Å². The maximum Gasteiger partial charge on any atom is 0.292 e. The number of aromatic nitrogens is 1. The van der Waals surface area contributed by atoms with Crippen molar-refractivity contribution in [3.63, 3.8) is 0 Å². The summed E-state index contributed by atoms with van der Waals surface area (Å²) in [7, 11) is 0. The van der Waals surface area contributed by atoms with Gasteiger partial charge >= 0.3 is 0 Å². The number of nitrogens with zero attached hydrogens (tertiary/aromatic N) is 1. The fraction of sp³-hybridized carbons (Fsp3) is 0.500. The number of nitrogen functional groups attached to an aromatic ring is 1. The summed E-state index contributed by atoms with van der Waals surface area (Å²) in [6.07, 6.45) is 1.49. The summed E-state index contributed by atoms with van der Waals surface area (Å²) in [4.78, 5) is 3.83. The van der Waals surface area contributed by atoms with Crippen molar-refractivity contribution in [3.05, 3.63) is 12.0 Å². The highest BCUT2D eigenvalue weighted by Gasteiger charge is 1.97. The monoisotopic (exact) mass is 142 g/mol. The number of hydrogen-bond acceptors (Lipinski definition) is 4. The fourth-order valence-electron chi connectivity index (χ4n) is 0.596. The molecule has 0 saturated heterocycles. The Hall–Kier alpha value is -1.03. The van der Waals surface area contributed by atoms with E-state index in [1.165, 1.54) is 6.26 Å². The lowest BCUT2D eigenvalue weighted by Crippen LogP contribution is -1.92. The summed E-state index contributed by atoms with van der Waals surface area (Å²) >= 11 is 0. The summed E-state index contributed by atoms with van der Waals surface area (Å²) in [5, 5.41) is 0. The molecular formula is C6H10N2O2. The van der Waals surface area contributed by atoms with Gasteiger partial charge in [0.1, 0.15) is 12.0 Å². The lowest BCUT2D eigenvalue weighted by atomic mass is 10.5. The quantitative estimate of drug-likeness (QED) is 0.677. The smallest absolute Gasteiger partial charge is 0.292 e. The van der Waals surface area contributed by atoms with Gasteiger partial charge in [0.2, 0.25) is 0 Å². The largest absolute Gasteiger partial charge is 0.432 e. The first-order valence-corrected chi connectivity index (χ1v) is 3.10. The van der Waals surface area contributed by atoms with Crippen molar-refractivity contribution in [1.29, 1.82) is 0 Å². The zero-order valence-corrected chi connectivity index (χ0v) is 5.83. The minimum absolute atomic E-state index is 0.190. The molecule has 0 atom stereocenters. The minimum Gasteiger partial charge on any atom is -0.432 e. The van der Waals surface area contributed by atoms with Gasteiger partial charge in [-0.05, 0) is 6.92 Å². The van der Waals surface area contributed by atoms with E-state index >= 15 is 0 Å². The highest BCUT2D eigenvalue weighted by molar-refractivity contribution is 5.11. The van der Waals surface area contributed by atoms with Crippen LogP contribution < -0.4 is 5.73 Å². The van der Waals surface area contributed by atoms with Crippen LogP contribution in [0.25, 0.3) is 0 Å². The van der Waals surface area contributed by atoms with Crippen LogP contribution in [0.4, 0.5) is 6.01 Å². The number of rotatable bonds is 3. The first kappa shape index (κ1) is 7.08. The molecule has 0 aliphatic carbocycles.